The monoisotopic (exact) mass is 435 g/mol. The zero-order valence-corrected chi connectivity index (χ0v) is 18.8. The van der Waals surface area contributed by atoms with Gasteiger partial charge in [-0.25, -0.2) is 8.42 Å². The second-order valence-electron chi connectivity index (χ2n) is 8.59. The Morgan fingerprint density at radius 2 is 1.61 bits per heavy atom. The summed E-state index contributed by atoms with van der Waals surface area (Å²) in [5, 5.41) is 16.7. The molecule has 0 saturated heterocycles. The van der Waals surface area contributed by atoms with Crippen molar-refractivity contribution >= 4 is 21.3 Å². The van der Waals surface area contributed by atoms with Crippen LogP contribution in [0.5, 0.6) is 0 Å². The molecule has 2 aromatic carbocycles. The molecule has 0 bridgehead atoms. The second kappa shape index (κ2) is 7.77. The molecule has 31 heavy (non-hydrogen) atoms. The minimum Gasteiger partial charge on any atom is -0.358 e. The number of rotatable bonds is 5. The largest absolute Gasteiger partial charge is 0.358 e. The summed E-state index contributed by atoms with van der Waals surface area (Å²) in [6.45, 7) is 6.19. The van der Waals surface area contributed by atoms with Gasteiger partial charge in [-0.1, -0.05) is 63.2 Å². The highest BCUT2D eigenvalue weighted by Crippen LogP contribution is 2.28. The number of nitrogens with one attached hydrogen (secondary N) is 1. The minimum atomic E-state index is -3.32. The number of nitrogens with zero attached hydrogens (tertiary/aromatic N) is 4. The maximum Gasteiger partial charge on any atom is 0.178 e. The van der Waals surface area contributed by atoms with Crippen molar-refractivity contribution in [2.75, 3.05) is 11.6 Å². The normalized spacial score (nSPS) is 13.3. The lowest BCUT2D eigenvalue weighted by molar-refractivity contribution is 0.527. The summed E-state index contributed by atoms with van der Waals surface area (Å²) < 4.78 is 25.9. The van der Waals surface area contributed by atoms with E-state index in [9.17, 15) is 8.42 Å². The fourth-order valence-corrected chi connectivity index (χ4v) is 4.09. The molecule has 0 aliphatic carbocycles. The van der Waals surface area contributed by atoms with Crippen molar-refractivity contribution in [2.45, 2.75) is 37.1 Å². The molecular formula is C23H25N5O2S. The Balaban J connectivity index is 1.80. The summed E-state index contributed by atoms with van der Waals surface area (Å²) in [6.07, 6.45) is 1.21. The molecular weight excluding hydrogens is 410 g/mol. The highest BCUT2D eigenvalue weighted by atomic mass is 32.2. The maximum absolute atomic E-state index is 12.1. The molecule has 0 saturated carbocycles. The maximum atomic E-state index is 12.1. The van der Waals surface area contributed by atoms with Crippen LogP contribution in [0.4, 0.5) is 5.82 Å². The zero-order chi connectivity index (χ0) is 22.2. The van der Waals surface area contributed by atoms with E-state index in [2.05, 4.69) is 36.3 Å². The van der Waals surface area contributed by atoms with E-state index in [4.69, 9.17) is 5.10 Å². The Labute approximate surface area is 182 Å². The average molecular weight is 436 g/mol. The van der Waals surface area contributed by atoms with Crippen molar-refractivity contribution < 1.29 is 8.42 Å². The molecule has 0 aliphatic heterocycles. The van der Waals surface area contributed by atoms with Crippen molar-refractivity contribution in [3.63, 3.8) is 0 Å². The van der Waals surface area contributed by atoms with E-state index >= 15 is 0 Å². The Kier molecular flexibility index (Phi) is 5.26. The van der Waals surface area contributed by atoms with E-state index in [1.165, 1.54) is 6.26 Å². The van der Waals surface area contributed by atoms with Crippen LogP contribution in [0.25, 0.3) is 5.65 Å². The predicted molar refractivity (Wildman–Crippen MR) is 121 cm³/mol. The van der Waals surface area contributed by atoms with Gasteiger partial charge in [-0.3, -0.25) is 0 Å². The summed E-state index contributed by atoms with van der Waals surface area (Å²) in [6, 6.07) is 20.3. The fourth-order valence-electron chi connectivity index (χ4n) is 3.41. The van der Waals surface area contributed by atoms with Gasteiger partial charge >= 0.3 is 0 Å². The molecule has 4 aromatic rings. The number of hydrogen-bond donors (Lipinski definition) is 1. The fraction of sp³-hybridized carbons (Fsp3) is 0.261. The molecule has 2 aromatic heterocycles. The summed E-state index contributed by atoms with van der Waals surface area (Å²) in [7, 11) is -3.32. The number of aromatic nitrogens is 4. The van der Waals surface area contributed by atoms with Gasteiger partial charge in [0.2, 0.25) is 0 Å². The third-order valence-electron chi connectivity index (χ3n) is 4.98. The van der Waals surface area contributed by atoms with E-state index in [-0.39, 0.29) is 16.4 Å². The highest BCUT2D eigenvalue weighted by molar-refractivity contribution is 7.90. The molecule has 0 fully saturated rings. The number of benzene rings is 2. The van der Waals surface area contributed by atoms with Gasteiger partial charge in [0, 0.05) is 11.7 Å². The Bertz CT molecular complexity index is 1330. The van der Waals surface area contributed by atoms with Crippen LogP contribution in [0.2, 0.25) is 0 Å². The third kappa shape index (κ3) is 4.44. The van der Waals surface area contributed by atoms with Gasteiger partial charge in [-0.2, -0.15) is 4.52 Å². The van der Waals surface area contributed by atoms with E-state index < -0.39 is 9.84 Å². The minimum absolute atomic E-state index is 0.215. The lowest BCUT2D eigenvalue weighted by Crippen LogP contribution is -2.19. The van der Waals surface area contributed by atoms with Crippen LogP contribution in [0, 0.1) is 0 Å². The van der Waals surface area contributed by atoms with Crippen LogP contribution < -0.4 is 5.32 Å². The Morgan fingerprint density at radius 1 is 0.903 bits per heavy atom. The van der Waals surface area contributed by atoms with Crippen LogP contribution in [0.15, 0.2) is 71.6 Å². The first-order chi connectivity index (χ1) is 14.6. The molecule has 1 unspecified atom stereocenters. The van der Waals surface area contributed by atoms with Gasteiger partial charge in [0.25, 0.3) is 0 Å². The predicted octanol–water partition coefficient (Wildman–Crippen LogP) is 4.03. The van der Waals surface area contributed by atoms with Crippen LogP contribution in [0.1, 0.15) is 43.8 Å². The summed E-state index contributed by atoms with van der Waals surface area (Å²) in [5.74, 6) is 1.40. The first-order valence-corrected chi connectivity index (χ1v) is 11.9. The topological polar surface area (TPSA) is 89.2 Å². The zero-order valence-electron chi connectivity index (χ0n) is 17.9. The van der Waals surface area contributed by atoms with E-state index in [0.717, 1.165) is 17.0 Å². The average Bonchev–Trinajstić information content (AvgIpc) is 3.16. The van der Waals surface area contributed by atoms with Crippen molar-refractivity contribution in [3.8, 4) is 0 Å². The molecule has 0 radical (unpaired) electrons. The summed E-state index contributed by atoms with van der Waals surface area (Å²) in [4.78, 5) is 0.282. The van der Waals surface area contributed by atoms with Gasteiger partial charge < -0.3 is 5.32 Å². The van der Waals surface area contributed by atoms with Gasteiger partial charge in [0.1, 0.15) is 5.82 Å². The quantitative estimate of drug-likeness (QED) is 0.509. The van der Waals surface area contributed by atoms with Gasteiger partial charge in [-0.05, 0) is 35.4 Å². The molecule has 7 nitrogen and oxygen atoms in total. The van der Waals surface area contributed by atoms with E-state index in [1.54, 1.807) is 22.7 Å². The number of sulfone groups is 1. The molecule has 0 aliphatic rings. The lowest BCUT2D eigenvalue weighted by atomic mass is 9.96. The molecule has 1 N–H and O–H groups in total. The lowest BCUT2D eigenvalue weighted by Gasteiger charge is -2.21. The van der Waals surface area contributed by atoms with Crippen molar-refractivity contribution in [3.05, 3.63) is 83.7 Å². The Hall–Kier alpha value is -3.26. The van der Waals surface area contributed by atoms with Crippen LogP contribution >= 0.6 is 0 Å². The van der Waals surface area contributed by atoms with Crippen LogP contribution in [0.3, 0.4) is 0 Å². The summed E-state index contributed by atoms with van der Waals surface area (Å²) >= 11 is 0. The van der Waals surface area contributed by atoms with Crippen molar-refractivity contribution in [1.29, 1.82) is 0 Å². The first-order valence-electron chi connectivity index (χ1n) is 9.97. The van der Waals surface area contributed by atoms with Crippen LogP contribution in [-0.4, -0.2) is 34.5 Å². The van der Waals surface area contributed by atoms with E-state index in [1.807, 2.05) is 48.5 Å². The second-order valence-corrected chi connectivity index (χ2v) is 10.6. The molecule has 0 spiro atoms. The Morgan fingerprint density at radius 3 is 2.29 bits per heavy atom. The number of anilines is 1. The molecule has 160 valence electrons. The standard InChI is InChI=1S/C23H25N5O2S/c1-23(2,3)22-26-25-20-14-13-19(27-28(20)22)24-21(16-9-6-5-7-10-16)17-11-8-12-18(15-17)31(4,29)30/h5-15,21H,1-4H3,(H,24,27). The third-order valence-corrected chi connectivity index (χ3v) is 6.09. The molecule has 2 heterocycles. The highest BCUT2D eigenvalue weighted by Gasteiger charge is 2.23. The molecule has 0 amide bonds. The molecule has 1 atom stereocenters. The smallest absolute Gasteiger partial charge is 0.178 e. The molecule has 8 heteroatoms. The molecule has 4 rings (SSSR count). The van der Waals surface area contributed by atoms with Gasteiger partial charge in [0.15, 0.2) is 21.3 Å². The van der Waals surface area contributed by atoms with Crippen molar-refractivity contribution in [2.24, 2.45) is 0 Å². The first kappa shape index (κ1) is 21.0. The number of fused-ring (bicyclic) bond motifs is 1. The van der Waals surface area contributed by atoms with Crippen LogP contribution in [-0.2, 0) is 15.3 Å². The van der Waals surface area contributed by atoms with Gasteiger partial charge in [0.05, 0.1) is 10.9 Å². The summed E-state index contributed by atoms with van der Waals surface area (Å²) in [5.41, 5.74) is 2.28. The number of hydrogen-bond acceptors (Lipinski definition) is 6. The van der Waals surface area contributed by atoms with Crippen molar-refractivity contribution in [1.82, 2.24) is 19.8 Å². The van der Waals surface area contributed by atoms with E-state index in [0.29, 0.717) is 11.5 Å². The SMILES string of the molecule is CC(C)(C)c1nnc2ccc(NC(c3ccccc3)c3cccc(S(C)(=O)=O)c3)nn12. The van der Waals surface area contributed by atoms with Gasteiger partial charge in [-0.15, -0.1) is 15.3 Å².